The average molecular weight is 449 g/mol. The molecule has 3 unspecified atom stereocenters. The molecule has 9 nitrogen and oxygen atoms in total. The predicted octanol–water partition coefficient (Wildman–Crippen LogP) is 0.819. The van der Waals surface area contributed by atoms with Gasteiger partial charge in [0.2, 0.25) is 17.7 Å². The van der Waals surface area contributed by atoms with Crippen LogP contribution < -0.4 is 21.7 Å². The smallest absolute Gasteiger partial charge is 0.326 e. The number of hydrogen-bond acceptors (Lipinski definition) is 5. The van der Waals surface area contributed by atoms with Crippen molar-refractivity contribution in [3.05, 3.63) is 35.9 Å². The summed E-state index contributed by atoms with van der Waals surface area (Å²) in [5.74, 6) is -2.53. The first-order valence-corrected chi connectivity index (χ1v) is 10.9. The summed E-state index contributed by atoms with van der Waals surface area (Å²) >= 11 is 0. The maximum atomic E-state index is 12.6. The lowest BCUT2D eigenvalue weighted by atomic mass is 10.0. The second-order valence-electron chi connectivity index (χ2n) is 8.79. The van der Waals surface area contributed by atoms with Gasteiger partial charge in [0, 0.05) is 0 Å². The van der Waals surface area contributed by atoms with Gasteiger partial charge >= 0.3 is 5.97 Å². The summed E-state index contributed by atoms with van der Waals surface area (Å²) in [6, 6.07) is 6.61. The number of nitrogens with two attached hydrogens (primary N) is 1. The number of amides is 3. The molecule has 1 aromatic carbocycles. The molecule has 32 heavy (non-hydrogen) atoms. The zero-order chi connectivity index (χ0) is 24.3. The van der Waals surface area contributed by atoms with Gasteiger partial charge < -0.3 is 26.8 Å². The predicted molar refractivity (Wildman–Crippen MR) is 122 cm³/mol. The summed E-state index contributed by atoms with van der Waals surface area (Å²) in [5.41, 5.74) is 6.92. The number of carbonyl (C=O) groups is 4. The van der Waals surface area contributed by atoms with Crippen molar-refractivity contribution < 1.29 is 24.3 Å². The Morgan fingerprint density at radius 3 is 1.97 bits per heavy atom. The summed E-state index contributed by atoms with van der Waals surface area (Å²) < 4.78 is 0. The first-order valence-electron chi connectivity index (χ1n) is 10.9. The highest BCUT2D eigenvalue weighted by Gasteiger charge is 2.26. The fraction of sp³-hybridized carbons (Fsp3) is 0.565. The van der Waals surface area contributed by atoms with E-state index in [1.165, 1.54) is 0 Å². The first kappa shape index (κ1) is 27.1. The molecular weight excluding hydrogens is 412 g/mol. The molecule has 0 saturated heterocycles. The molecule has 0 fully saturated rings. The van der Waals surface area contributed by atoms with Crippen molar-refractivity contribution in [3.63, 3.8) is 0 Å². The molecule has 0 radical (unpaired) electrons. The van der Waals surface area contributed by atoms with Crippen LogP contribution in [0.15, 0.2) is 30.3 Å². The normalized spacial score (nSPS) is 13.8. The maximum Gasteiger partial charge on any atom is 0.326 e. The van der Waals surface area contributed by atoms with Crippen LogP contribution in [-0.4, -0.2) is 53.5 Å². The second kappa shape index (κ2) is 13.5. The van der Waals surface area contributed by atoms with Crippen LogP contribution >= 0.6 is 0 Å². The van der Waals surface area contributed by atoms with E-state index in [9.17, 15) is 24.3 Å². The van der Waals surface area contributed by atoms with Gasteiger partial charge in [0.1, 0.15) is 12.1 Å². The molecule has 6 N–H and O–H groups in total. The van der Waals surface area contributed by atoms with Gasteiger partial charge in [0.05, 0.1) is 12.6 Å². The zero-order valence-corrected chi connectivity index (χ0v) is 19.3. The van der Waals surface area contributed by atoms with E-state index < -0.39 is 41.8 Å². The molecule has 0 aliphatic heterocycles. The van der Waals surface area contributed by atoms with Gasteiger partial charge in [0.15, 0.2) is 0 Å². The van der Waals surface area contributed by atoms with Crippen LogP contribution in [0, 0.1) is 11.8 Å². The highest BCUT2D eigenvalue weighted by molar-refractivity contribution is 5.92. The molecule has 0 bridgehead atoms. The Bertz CT molecular complexity index is 767. The van der Waals surface area contributed by atoms with Crippen molar-refractivity contribution in [1.82, 2.24) is 16.0 Å². The van der Waals surface area contributed by atoms with Gasteiger partial charge in [-0.05, 0) is 36.7 Å². The van der Waals surface area contributed by atoms with Crippen molar-refractivity contribution in [3.8, 4) is 0 Å². The zero-order valence-electron chi connectivity index (χ0n) is 19.3. The summed E-state index contributed by atoms with van der Waals surface area (Å²) in [5, 5.41) is 16.8. The molecule has 9 heteroatoms. The number of hydrogen-bond donors (Lipinski definition) is 5. The quantitative estimate of drug-likeness (QED) is 0.301. The number of benzene rings is 1. The van der Waals surface area contributed by atoms with Crippen LogP contribution in [0.4, 0.5) is 0 Å². The van der Waals surface area contributed by atoms with Gasteiger partial charge in [-0.15, -0.1) is 0 Å². The molecule has 0 spiro atoms. The second-order valence-corrected chi connectivity index (χ2v) is 8.79. The lowest BCUT2D eigenvalue weighted by Gasteiger charge is -2.22. The van der Waals surface area contributed by atoms with E-state index in [1.54, 1.807) is 0 Å². The molecule has 1 aromatic rings. The topological polar surface area (TPSA) is 151 Å². The van der Waals surface area contributed by atoms with Gasteiger partial charge in [0.25, 0.3) is 0 Å². The Labute approximate surface area is 189 Å². The standard InChI is InChI=1S/C23H36N4O5/c1-14(2)10-18(27-21(29)17(24)12-16-8-6-5-7-9-16)22(30)25-13-20(28)26-19(23(31)32)11-15(3)4/h5-9,14-15,17-19H,10-13,24H2,1-4H3,(H,25,30)(H,26,28)(H,27,29)(H,31,32). The van der Waals surface area contributed by atoms with Crippen molar-refractivity contribution in [2.75, 3.05) is 6.54 Å². The Kier molecular flexibility index (Phi) is 11.4. The molecule has 0 aliphatic rings. The SMILES string of the molecule is CC(C)CC(NC(=O)CNC(=O)C(CC(C)C)NC(=O)C(N)Cc1ccccc1)C(=O)O. The van der Waals surface area contributed by atoms with Gasteiger partial charge in [-0.25, -0.2) is 4.79 Å². The summed E-state index contributed by atoms with van der Waals surface area (Å²) in [4.78, 5) is 48.6. The van der Waals surface area contributed by atoms with Crippen LogP contribution in [0.25, 0.3) is 0 Å². The van der Waals surface area contributed by atoms with Crippen LogP contribution in [0.2, 0.25) is 0 Å². The van der Waals surface area contributed by atoms with Crippen LogP contribution in [-0.2, 0) is 25.6 Å². The minimum absolute atomic E-state index is 0.0803. The van der Waals surface area contributed by atoms with E-state index in [4.69, 9.17) is 5.73 Å². The van der Waals surface area contributed by atoms with E-state index in [2.05, 4.69) is 16.0 Å². The lowest BCUT2D eigenvalue weighted by Crippen LogP contribution is -2.54. The summed E-state index contributed by atoms with van der Waals surface area (Å²) in [6.45, 7) is 7.14. The Morgan fingerprint density at radius 2 is 1.44 bits per heavy atom. The molecule has 0 heterocycles. The molecule has 0 aliphatic carbocycles. The van der Waals surface area contributed by atoms with Crippen molar-refractivity contribution in [2.45, 2.75) is 65.1 Å². The molecule has 0 saturated carbocycles. The fourth-order valence-corrected chi connectivity index (χ4v) is 3.17. The van der Waals surface area contributed by atoms with E-state index in [0.717, 1.165) is 5.56 Å². The summed E-state index contributed by atoms with van der Waals surface area (Å²) in [7, 11) is 0. The third-order valence-electron chi connectivity index (χ3n) is 4.74. The Morgan fingerprint density at radius 1 is 0.875 bits per heavy atom. The van der Waals surface area contributed by atoms with Crippen molar-refractivity contribution in [2.24, 2.45) is 17.6 Å². The van der Waals surface area contributed by atoms with Gasteiger partial charge in [-0.3, -0.25) is 14.4 Å². The number of carboxylic acids is 1. The number of carboxylic acid groups (broad SMARTS) is 1. The van der Waals surface area contributed by atoms with E-state index >= 15 is 0 Å². The largest absolute Gasteiger partial charge is 0.480 e. The van der Waals surface area contributed by atoms with E-state index in [-0.39, 0.29) is 24.8 Å². The maximum absolute atomic E-state index is 12.6. The van der Waals surface area contributed by atoms with Crippen LogP contribution in [0.3, 0.4) is 0 Å². The molecule has 0 aromatic heterocycles. The number of rotatable bonds is 13. The number of carbonyl (C=O) groups excluding carboxylic acids is 3. The molecular formula is C23H36N4O5. The first-order chi connectivity index (χ1) is 15.0. The van der Waals surface area contributed by atoms with E-state index in [0.29, 0.717) is 12.8 Å². The third-order valence-corrected chi connectivity index (χ3v) is 4.74. The minimum atomic E-state index is -1.13. The van der Waals surface area contributed by atoms with Crippen LogP contribution in [0.5, 0.6) is 0 Å². The lowest BCUT2D eigenvalue weighted by molar-refractivity contribution is -0.142. The van der Waals surface area contributed by atoms with E-state index in [1.807, 2.05) is 58.0 Å². The summed E-state index contributed by atoms with van der Waals surface area (Å²) in [6.07, 6.45) is 0.972. The third kappa shape index (κ3) is 10.4. The van der Waals surface area contributed by atoms with Crippen molar-refractivity contribution in [1.29, 1.82) is 0 Å². The average Bonchev–Trinajstić information content (AvgIpc) is 2.70. The highest BCUT2D eigenvalue weighted by Crippen LogP contribution is 2.07. The minimum Gasteiger partial charge on any atom is -0.480 e. The number of aliphatic carboxylic acids is 1. The highest BCUT2D eigenvalue weighted by atomic mass is 16.4. The molecule has 3 atom stereocenters. The number of nitrogens with one attached hydrogen (secondary N) is 3. The van der Waals surface area contributed by atoms with Crippen molar-refractivity contribution >= 4 is 23.7 Å². The van der Waals surface area contributed by atoms with Crippen LogP contribution in [0.1, 0.15) is 46.1 Å². The van der Waals surface area contributed by atoms with Gasteiger partial charge in [-0.2, -0.15) is 0 Å². The molecule has 1 rings (SSSR count). The Balaban J connectivity index is 2.66. The Hall–Kier alpha value is -2.94. The molecule has 3 amide bonds. The fourth-order valence-electron chi connectivity index (χ4n) is 3.17. The molecule has 178 valence electrons. The monoisotopic (exact) mass is 448 g/mol. The van der Waals surface area contributed by atoms with Gasteiger partial charge in [-0.1, -0.05) is 58.0 Å².